The molecule has 0 aromatic rings. The van der Waals surface area contributed by atoms with Crippen LogP contribution in [0.25, 0.3) is 0 Å². The number of methoxy groups -OCH3 is 2. The van der Waals surface area contributed by atoms with Gasteiger partial charge in [-0.15, -0.1) is 0 Å². The fourth-order valence-electron chi connectivity index (χ4n) is 0.415. The average Bonchev–Trinajstić information content (AvgIpc) is 2.12. The van der Waals surface area contributed by atoms with Gasteiger partial charge in [-0.3, -0.25) is 9.59 Å². The third kappa shape index (κ3) is 2.61. The molecule has 0 radical (unpaired) electrons. The number of hydrogen-bond donors (Lipinski definition) is 0. The molecule has 0 spiro atoms. The van der Waals surface area contributed by atoms with Gasteiger partial charge in [0, 0.05) is 0 Å². The van der Waals surface area contributed by atoms with Gasteiger partial charge < -0.3 is 9.47 Å². The number of rotatable bonds is 3. The van der Waals surface area contributed by atoms with Crippen molar-refractivity contribution in [3.63, 3.8) is 0 Å². The Morgan fingerprint density at radius 1 is 1.17 bits per heavy atom. The van der Waals surface area contributed by atoms with E-state index >= 15 is 0 Å². The predicted octanol–water partition coefficient (Wildman–Crippen LogP) is -0.335. The summed E-state index contributed by atoms with van der Waals surface area (Å²) in [6, 6.07) is 0. The molecule has 6 heteroatoms. The normalized spacial score (nSPS) is 11.6. The molecule has 1 unspecified atom stereocenters. The van der Waals surface area contributed by atoms with Crippen LogP contribution in [-0.4, -0.2) is 36.8 Å². The van der Waals surface area contributed by atoms with E-state index in [1.54, 1.807) is 0 Å². The monoisotopic (exact) mass is 238 g/mol. The van der Waals surface area contributed by atoms with Gasteiger partial charge in [0.05, 0.1) is 14.2 Å². The van der Waals surface area contributed by atoms with Gasteiger partial charge in [-0.2, -0.15) is 0 Å². The van der Waals surface area contributed by atoms with Crippen LogP contribution in [0.15, 0.2) is 0 Å². The summed E-state index contributed by atoms with van der Waals surface area (Å²) >= 11 is 2.69. The Bertz CT molecular complexity index is 212. The lowest BCUT2D eigenvalue weighted by Gasteiger charge is -2.03. The molecule has 0 bridgehead atoms. The highest BCUT2D eigenvalue weighted by atomic mass is 79.9. The van der Waals surface area contributed by atoms with Gasteiger partial charge in [-0.1, -0.05) is 15.9 Å². The van der Waals surface area contributed by atoms with E-state index in [1.807, 2.05) is 0 Å². The van der Waals surface area contributed by atoms with E-state index in [0.717, 1.165) is 14.2 Å². The van der Waals surface area contributed by atoms with E-state index in [9.17, 15) is 14.4 Å². The smallest absolute Gasteiger partial charge is 0.376 e. The summed E-state index contributed by atoms with van der Waals surface area (Å²) in [5, 5.41) is 0. The number of carbonyl (C=O) groups excluding carboxylic acids is 3. The number of esters is 2. The molecule has 0 aliphatic heterocycles. The standard InChI is InChI=1S/C6H7BrO5/c1-11-5(9)3(7)4(8)6(10)12-2/h3H,1-2H3. The van der Waals surface area contributed by atoms with Crippen LogP contribution in [0.3, 0.4) is 0 Å². The van der Waals surface area contributed by atoms with E-state index in [0.29, 0.717) is 0 Å². The molecule has 1 atom stereocenters. The summed E-state index contributed by atoms with van der Waals surface area (Å²) in [6.07, 6.45) is 0. The summed E-state index contributed by atoms with van der Waals surface area (Å²) < 4.78 is 8.31. The van der Waals surface area contributed by atoms with Gasteiger partial charge in [0.15, 0.2) is 4.83 Å². The molecule has 68 valence electrons. The lowest BCUT2D eigenvalue weighted by molar-refractivity contribution is -0.154. The molecule has 0 aromatic carbocycles. The minimum atomic E-state index is -1.28. The molecule has 0 rings (SSSR count). The number of halogens is 1. The minimum absolute atomic E-state index is 0.828. The second kappa shape index (κ2) is 4.87. The Morgan fingerprint density at radius 2 is 1.67 bits per heavy atom. The van der Waals surface area contributed by atoms with Crippen LogP contribution in [0, 0.1) is 0 Å². The van der Waals surface area contributed by atoms with Crippen LogP contribution in [0.4, 0.5) is 0 Å². The van der Waals surface area contributed by atoms with Crippen LogP contribution in [0.5, 0.6) is 0 Å². The van der Waals surface area contributed by atoms with Gasteiger partial charge in [0.2, 0.25) is 0 Å². The maximum absolute atomic E-state index is 10.9. The van der Waals surface area contributed by atoms with Crippen LogP contribution >= 0.6 is 15.9 Å². The van der Waals surface area contributed by atoms with Crippen molar-refractivity contribution in [1.29, 1.82) is 0 Å². The number of ketones is 1. The highest BCUT2D eigenvalue weighted by molar-refractivity contribution is 9.10. The second-order valence-corrected chi connectivity index (χ2v) is 2.66. The Balaban J connectivity index is 4.29. The lowest BCUT2D eigenvalue weighted by Crippen LogP contribution is -2.32. The molecule has 0 N–H and O–H groups in total. The van der Waals surface area contributed by atoms with E-state index in [4.69, 9.17) is 0 Å². The quantitative estimate of drug-likeness (QED) is 0.292. The van der Waals surface area contributed by atoms with Gasteiger partial charge in [0.1, 0.15) is 0 Å². The number of ether oxygens (including phenoxy) is 2. The molecule has 0 aliphatic carbocycles. The summed E-state index contributed by atoms with van der Waals surface area (Å²) in [6.45, 7) is 0. The molecular weight excluding hydrogens is 232 g/mol. The first-order valence-corrected chi connectivity index (χ1v) is 3.80. The first-order valence-electron chi connectivity index (χ1n) is 2.88. The molecule has 0 saturated heterocycles. The number of hydrogen-bond acceptors (Lipinski definition) is 5. The summed E-state index contributed by atoms with van der Waals surface area (Å²) in [5.41, 5.74) is 0. The highest BCUT2D eigenvalue weighted by Crippen LogP contribution is 2.04. The van der Waals surface area contributed by atoms with Gasteiger partial charge in [0.25, 0.3) is 5.78 Å². The van der Waals surface area contributed by atoms with Crippen molar-refractivity contribution >= 4 is 33.7 Å². The van der Waals surface area contributed by atoms with E-state index in [2.05, 4.69) is 25.4 Å². The Morgan fingerprint density at radius 3 is 2.00 bits per heavy atom. The Hall–Kier alpha value is -0.910. The van der Waals surface area contributed by atoms with Crippen molar-refractivity contribution in [1.82, 2.24) is 0 Å². The summed E-state index contributed by atoms with van der Waals surface area (Å²) in [7, 11) is 2.17. The summed E-state index contributed by atoms with van der Waals surface area (Å²) in [5.74, 6) is -2.89. The zero-order valence-electron chi connectivity index (χ0n) is 6.50. The van der Waals surface area contributed by atoms with Gasteiger partial charge in [-0.25, -0.2) is 4.79 Å². The molecule has 0 aromatic heterocycles. The van der Waals surface area contributed by atoms with Crippen molar-refractivity contribution in [3.05, 3.63) is 0 Å². The summed E-state index contributed by atoms with van der Waals surface area (Å²) in [4.78, 5) is 30.8. The van der Waals surface area contributed by atoms with Gasteiger partial charge in [-0.05, 0) is 0 Å². The van der Waals surface area contributed by atoms with Gasteiger partial charge >= 0.3 is 11.9 Å². The highest BCUT2D eigenvalue weighted by Gasteiger charge is 2.30. The van der Waals surface area contributed by atoms with Crippen LogP contribution in [-0.2, 0) is 23.9 Å². The van der Waals surface area contributed by atoms with E-state index in [1.165, 1.54) is 0 Å². The first kappa shape index (κ1) is 11.1. The van der Waals surface area contributed by atoms with Crippen LogP contribution in [0.1, 0.15) is 0 Å². The molecule has 0 saturated carbocycles. The Kier molecular flexibility index (Phi) is 4.50. The zero-order chi connectivity index (χ0) is 9.72. The second-order valence-electron chi connectivity index (χ2n) is 1.74. The molecular formula is C6H7BrO5. The maximum Gasteiger partial charge on any atom is 0.376 e. The molecule has 0 heterocycles. The molecule has 5 nitrogen and oxygen atoms in total. The zero-order valence-corrected chi connectivity index (χ0v) is 8.08. The Labute approximate surface area is 77.1 Å². The van der Waals surface area contributed by atoms with Crippen LogP contribution in [0.2, 0.25) is 0 Å². The maximum atomic E-state index is 10.9. The number of carbonyl (C=O) groups is 3. The fourth-order valence-corrected chi connectivity index (χ4v) is 0.788. The van der Waals surface area contributed by atoms with Crippen molar-refractivity contribution in [3.8, 4) is 0 Å². The largest absolute Gasteiger partial charge is 0.468 e. The fraction of sp³-hybridized carbons (Fsp3) is 0.500. The molecule has 12 heavy (non-hydrogen) atoms. The van der Waals surface area contributed by atoms with E-state index in [-0.39, 0.29) is 0 Å². The molecule has 0 fully saturated rings. The number of Topliss-reactive ketones (excluding diaryl/α,β-unsaturated/α-hetero) is 1. The third-order valence-corrected chi connectivity index (χ3v) is 1.81. The lowest BCUT2D eigenvalue weighted by atomic mass is 10.3. The molecule has 0 aliphatic rings. The SMILES string of the molecule is COC(=O)C(=O)C(Br)C(=O)OC. The average molecular weight is 239 g/mol. The molecule has 0 amide bonds. The first-order chi connectivity index (χ1) is 5.54. The van der Waals surface area contributed by atoms with E-state index < -0.39 is 22.5 Å². The van der Waals surface area contributed by atoms with Crippen LogP contribution < -0.4 is 0 Å². The van der Waals surface area contributed by atoms with Crippen molar-refractivity contribution in [2.45, 2.75) is 4.83 Å². The van der Waals surface area contributed by atoms with Crippen molar-refractivity contribution in [2.24, 2.45) is 0 Å². The van der Waals surface area contributed by atoms with Crippen molar-refractivity contribution < 1.29 is 23.9 Å². The number of alkyl halides is 1. The predicted molar refractivity (Wildman–Crippen MR) is 41.8 cm³/mol. The third-order valence-electron chi connectivity index (χ3n) is 1.02. The topological polar surface area (TPSA) is 69.7 Å². The minimum Gasteiger partial charge on any atom is -0.468 e. The van der Waals surface area contributed by atoms with Crippen molar-refractivity contribution in [2.75, 3.05) is 14.2 Å².